The molecule has 164 valence electrons. The lowest BCUT2D eigenvalue weighted by Crippen LogP contribution is -2.43. The highest BCUT2D eigenvalue weighted by molar-refractivity contribution is 7.10. The Kier molecular flexibility index (Phi) is 6.15. The molecule has 1 aromatic heterocycles. The van der Waals surface area contributed by atoms with Gasteiger partial charge in [0.25, 0.3) is 11.8 Å². The van der Waals surface area contributed by atoms with Crippen LogP contribution >= 0.6 is 11.3 Å². The Morgan fingerprint density at radius 2 is 1.88 bits per heavy atom. The minimum absolute atomic E-state index is 0.208. The van der Waals surface area contributed by atoms with Gasteiger partial charge in [-0.3, -0.25) is 9.59 Å². The van der Waals surface area contributed by atoms with Gasteiger partial charge in [0.05, 0.1) is 6.04 Å². The van der Waals surface area contributed by atoms with Gasteiger partial charge in [0.1, 0.15) is 17.0 Å². The predicted molar refractivity (Wildman–Crippen MR) is 128 cm³/mol. The summed E-state index contributed by atoms with van der Waals surface area (Å²) in [6, 6.07) is 18.4. The fraction of sp³-hybridized carbons (Fsp3) is 0.231. The summed E-state index contributed by atoms with van der Waals surface area (Å²) in [4.78, 5) is 27.0. The predicted octanol–water partition coefficient (Wildman–Crippen LogP) is 5.25. The van der Waals surface area contributed by atoms with Gasteiger partial charge in [0, 0.05) is 22.4 Å². The third kappa shape index (κ3) is 5.08. The molecule has 2 heterocycles. The van der Waals surface area contributed by atoms with Crippen LogP contribution in [-0.4, -0.2) is 17.4 Å². The monoisotopic (exact) mass is 446 g/mol. The highest BCUT2D eigenvalue weighted by Crippen LogP contribution is 2.40. The molecular formula is C26H26N2O3S. The zero-order valence-electron chi connectivity index (χ0n) is 18.3. The molecule has 0 saturated heterocycles. The normalized spacial score (nSPS) is 17.1. The number of amides is 2. The second kappa shape index (κ2) is 9.01. The van der Waals surface area contributed by atoms with Crippen LogP contribution in [0.5, 0.6) is 5.75 Å². The Hall–Kier alpha value is -3.38. The number of carbonyl (C=O) groups is 2. The number of carbonyl (C=O) groups excluding carboxylic acids is 2. The van der Waals surface area contributed by atoms with Gasteiger partial charge in [0.2, 0.25) is 0 Å². The van der Waals surface area contributed by atoms with Crippen molar-refractivity contribution in [3.63, 3.8) is 0 Å². The van der Waals surface area contributed by atoms with Gasteiger partial charge in [-0.05, 0) is 62.1 Å². The molecule has 0 radical (unpaired) electrons. The van der Waals surface area contributed by atoms with E-state index in [0.717, 1.165) is 21.8 Å². The van der Waals surface area contributed by atoms with E-state index in [1.165, 1.54) is 11.3 Å². The van der Waals surface area contributed by atoms with Crippen LogP contribution in [0.2, 0.25) is 0 Å². The smallest absolute Gasteiger partial charge is 0.268 e. The maximum absolute atomic E-state index is 13.4. The highest BCUT2D eigenvalue weighted by atomic mass is 32.1. The molecule has 2 N–H and O–H groups in total. The first-order valence-corrected chi connectivity index (χ1v) is 11.4. The maximum Gasteiger partial charge on any atom is 0.268 e. The van der Waals surface area contributed by atoms with Crippen molar-refractivity contribution >= 4 is 29.2 Å². The fourth-order valence-electron chi connectivity index (χ4n) is 3.78. The number of hydrogen-bond acceptors (Lipinski definition) is 4. The number of rotatable bonds is 5. The number of nitrogens with one attached hydrogen (secondary N) is 2. The van der Waals surface area contributed by atoms with Gasteiger partial charge in [-0.25, -0.2) is 0 Å². The lowest BCUT2D eigenvalue weighted by Gasteiger charge is -2.38. The Bertz CT molecular complexity index is 1150. The van der Waals surface area contributed by atoms with E-state index in [4.69, 9.17) is 4.74 Å². The van der Waals surface area contributed by atoms with E-state index in [-0.39, 0.29) is 23.6 Å². The van der Waals surface area contributed by atoms with Crippen molar-refractivity contribution in [2.45, 2.75) is 38.8 Å². The molecular weight excluding hydrogens is 420 g/mol. The number of hydrogen-bond donors (Lipinski definition) is 2. The Morgan fingerprint density at radius 3 is 2.59 bits per heavy atom. The van der Waals surface area contributed by atoms with Gasteiger partial charge in [-0.1, -0.05) is 36.4 Å². The summed E-state index contributed by atoms with van der Waals surface area (Å²) in [6.07, 6.45) is 2.33. The zero-order valence-corrected chi connectivity index (χ0v) is 19.2. The van der Waals surface area contributed by atoms with Gasteiger partial charge in [0.15, 0.2) is 0 Å². The first-order valence-electron chi connectivity index (χ1n) is 10.5. The molecule has 4 rings (SSSR count). The van der Waals surface area contributed by atoms with E-state index in [1.807, 2.05) is 62.5 Å². The molecule has 6 heteroatoms. The van der Waals surface area contributed by atoms with Crippen molar-refractivity contribution in [2.24, 2.45) is 0 Å². The van der Waals surface area contributed by atoms with Gasteiger partial charge >= 0.3 is 0 Å². The first-order chi connectivity index (χ1) is 15.3. The topological polar surface area (TPSA) is 67.4 Å². The Morgan fingerprint density at radius 1 is 1.09 bits per heavy atom. The molecule has 3 aromatic rings. The minimum atomic E-state index is -0.427. The van der Waals surface area contributed by atoms with Gasteiger partial charge in [-0.15, -0.1) is 11.3 Å². The van der Waals surface area contributed by atoms with E-state index < -0.39 is 5.60 Å². The van der Waals surface area contributed by atoms with E-state index >= 15 is 0 Å². The second-order valence-corrected chi connectivity index (χ2v) is 9.51. The number of benzene rings is 2. The van der Waals surface area contributed by atoms with Crippen molar-refractivity contribution in [3.05, 3.63) is 93.3 Å². The summed E-state index contributed by atoms with van der Waals surface area (Å²) in [5, 5.41) is 7.85. The molecule has 0 fully saturated rings. The Labute approximate surface area is 192 Å². The van der Waals surface area contributed by atoms with Crippen LogP contribution in [-0.2, 0) is 4.79 Å². The molecule has 2 amide bonds. The first kappa shape index (κ1) is 21.8. The quantitative estimate of drug-likeness (QED) is 0.526. The fourth-order valence-corrected chi connectivity index (χ4v) is 4.44. The van der Waals surface area contributed by atoms with Crippen molar-refractivity contribution in [2.75, 3.05) is 0 Å². The molecule has 0 saturated carbocycles. The zero-order chi connectivity index (χ0) is 22.7. The van der Waals surface area contributed by atoms with Crippen LogP contribution in [0, 0.1) is 6.92 Å². The summed E-state index contributed by atoms with van der Waals surface area (Å²) in [5.41, 5.74) is 2.31. The van der Waals surface area contributed by atoms with Crippen LogP contribution in [0.15, 0.2) is 71.7 Å². The molecule has 1 unspecified atom stereocenters. The van der Waals surface area contributed by atoms with E-state index in [9.17, 15) is 9.59 Å². The minimum Gasteiger partial charge on any atom is -0.487 e. The molecule has 2 aromatic carbocycles. The average Bonchev–Trinajstić information content (AvgIpc) is 3.26. The van der Waals surface area contributed by atoms with Crippen molar-refractivity contribution in [3.8, 4) is 5.75 Å². The van der Waals surface area contributed by atoms with Crippen LogP contribution in [0.1, 0.15) is 52.7 Å². The van der Waals surface area contributed by atoms with Crippen molar-refractivity contribution < 1.29 is 14.3 Å². The van der Waals surface area contributed by atoms with Crippen molar-refractivity contribution in [1.29, 1.82) is 0 Å². The van der Waals surface area contributed by atoms with Crippen LogP contribution < -0.4 is 15.4 Å². The molecule has 1 aliphatic rings. The third-order valence-electron chi connectivity index (χ3n) is 5.29. The van der Waals surface area contributed by atoms with E-state index in [1.54, 1.807) is 30.3 Å². The van der Waals surface area contributed by atoms with Gasteiger partial charge in [-0.2, -0.15) is 0 Å². The maximum atomic E-state index is 13.4. The summed E-state index contributed by atoms with van der Waals surface area (Å²) < 4.78 is 6.15. The lowest BCUT2D eigenvalue weighted by atomic mass is 9.89. The van der Waals surface area contributed by atoms with Crippen LogP contribution in [0.25, 0.3) is 6.08 Å². The lowest BCUT2D eigenvalue weighted by molar-refractivity contribution is -0.119. The second-order valence-electron chi connectivity index (χ2n) is 8.53. The largest absolute Gasteiger partial charge is 0.487 e. The summed E-state index contributed by atoms with van der Waals surface area (Å²) >= 11 is 1.50. The highest BCUT2D eigenvalue weighted by Gasteiger charge is 2.35. The SMILES string of the molecule is Cc1ccc2c(c1)OC(C)(C)CC2NC(=O)/C(=C/c1cccs1)NC(=O)c1ccccc1. The summed E-state index contributed by atoms with van der Waals surface area (Å²) in [5.74, 6) is 0.118. The van der Waals surface area contributed by atoms with E-state index in [2.05, 4.69) is 10.6 Å². The molecule has 32 heavy (non-hydrogen) atoms. The molecule has 1 atom stereocenters. The summed E-state index contributed by atoms with van der Waals surface area (Å²) in [7, 11) is 0. The summed E-state index contributed by atoms with van der Waals surface area (Å²) in [6.45, 7) is 6.04. The van der Waals surface area contributed by atoms with E-state index in [0.29, 0.717) is 12.0 Å². The molecule has 0 bridgehead atoms. The van der Waals surface area contributed by atoms with Crippen LogP contribution in [0.3, 0.4) is 0 Å². The number of thiophene rings is 1. The number of fused-ring (bicyclic) bond motifs is 1. The number of ether oxygens (including phenoxy) is 1. The van der Waals surface area contributed by atoms with Gasteiger partial charge < -0.3 is 15.4 Å². The third-order valence-corrected chi connectivity index (χ3v) is 6.11. The molecule has 5 nitrogen and oxygen atoms in total. The average molecular weight is 447 g/mol. The Balaban J connectivity index is 1.61. The molecule has 0 spiro atoms. The van der Waals surface area contributed by atoms with Crippen LogP contribution in [0.4, 0.5) is 0 Å². The molecule has 1 aliphatic heterocycles. The van der Waals surface area contributed by atoms with Crippen molar-refractivity contribution in [1.82, 2.24) is 10.6 Å². The number of aryl methyl sites for hydroxylation is 1. The standard InChI is InChI=1S/C26H26N2O3S/c1-17-11-12-20-22(16-26(2,3)31-23(20)14-17)28-25(30)21(15-19-10-7-13-32-19)27-24(29)18-8-5-4-6-9-18/h4-15,22H,16H2,1-3H3,(H,27,29)(H,28,30)/b21-15-. The molecule has 0 aliphatic carbocycles.